The molecule has 1 fully saturated rings. The van der Waals surface area contributed by atoms with Crippen molar-refractivity contribution < 1.29 is 18.0 Å². The molecule has 0 bridgehead atoms. The quantitative estimate of drug-likeness (QED) is 0.823. The number of nitrogens with zero attached hydrogens (tertiary/aromatic N) is 3. The summed E-state index contributed by atoms with van der Waals surface area (Å²) in [6, 6.07) is 3.96. The molecule has 1 amide bonds. The lowest BCUT2D eigenvalue weighted by atomic mass is 10.1. The Morgan fingerprint density at radius 1 is 1.26 bits per heavy atom. The van der Waals surface area contributed by atoms with Gasteiger partial charge in [-0.25, -0.2) is 9.97 Å². The highest BCUT2D eigenvalue weighted by atomic mass is 35.5. The molecule has 0 saturated carbocycles. The number of alkyl halides is 3. The summed E-state index contributed by atoms with van der Waals surface area (Å²) in [6.07, 6.45) is -0.303. The summed E-state index contributed by atoms with van der Waals surface area (Å²) in [5.74, 6) is -0.0919. The van der Waals surface area contributed by atoms with Gasteiger partial charge >= 0.3 is 6.18 Å². The second-order valence-corrected chi connectivity index (χ2v) is 6.24. The zero-order valence-corrected chi connectivity index (χ0v) is 15.3. The smallest absolute Gasteiger partial charge is 0.349 e. The minimum atomic E-state index is -4.48. The van der Waals surface area contributed by atoms with Crippen molar-refractivity contribution in [3.05, 3.63) is 42.1 Å². The number of aromatic nitrogens is 3. The number of amides is 1. The minimum Gasteiger partial charge on any atom is -0.349 e. The SMILES string of the molecule is CC1CCC(C(=O)NCc2cc(-c3ccc(C(F)(F)F)nc3)ncn2)N1.Cl. The Morgan fingerprint density at radius 2 is 2.04 bits per heavy atom. The Bertz CT molecular complexity index is 785. The molecule has 2 unspecified atom stereocenters. The van der Waals surface area contributed by atoms with E-state index in [0.717, 1.165) is 25.1 Å². The molecule has 2 atom stereocenters. The predicted molar refractivity (Wildman–Crippen MR) is 95.0 cm³/mol. The molecule has 1 aliphatic heterocycles. The standard InChI is InChI=1S/C17H18F3N5O.ClH/c1-10-2-4-13(25-10)16(26)22-8-12-6-14(24-9-23-12)11-3-5-15(21-7-11)17(18,19)20;/h3,5-7,9-10,13,25H,2,4,8H2,1H3,(H,22,26);1H. The number of pyridine rings is 1. The third-order valence-corrected chi connectivity index (χ3v) is 4.21. The van der Waals surface area contributed by atoms with Gasteiger partial charge in [0.05, 0.1) is 24.0 Å². The average molecular weight is 402 g/mol. The van der Waals surface area contributed by atoms with Crippen molar-refractivity contribution in [1.29, 1.82) is 0 Å². The highest BCUT2D eigenvalue weighted by Crippen LogP contribution is 2.28. The van der Waals surface area contributed by atoms with Gasteiger partial charge in [-0.15, -0.1) is 12.4 Å². The lowest BCUT2D eigenvalue weighted by Crippen LogP contribution is -2.41. The normalized spacial score (nSPS) is 19.4. The molecule has 1 aliphatic rings. The lowest BCUT2D eigenvalue weighted by molar-refractivity contribution is -0.141. The second-order valence-electron chi connectivity index (χ2n) is 6.24. The minimum absolute atomic E-state index is 0. The van der Waals surface area contributed by atoms with Crippen LogP contribution >= 0.6 is 12.4 Å². The molecule has 3 rings (SSSR count). The number of hydrogen-bond donors (Lipinski definition) is 2. The van der Waals surface area contributed by atoms with Gasteiger partial charge in [0.15, 0.2) is 0 Å². The highest BCUT2D eigenvalue weighted by Gasteiger charge is 2.32. The van der Waals surface area contributed by atoms with Crippen molar-refractivity contribution >= 4 is 18.3 Å². The van der Waals surface area contributed by atoms with E-state index in [1.54, 1.807) is 6.07 Å². The number of carbonyl (C=O) groups is 1. The fourth-order valence-corrected chi connectivity index (χ4v) is 2.80. The summed E-state index contributed by atoms with van der Waals surface area (Å²) in [5, 5.41) is 6.01. The first-order valence-electron chi connectivity index (χ1n) is 8.21. The molecule has 0 aromatic carbocycles. The van der Waals surface area contributed by atoms with Crippen molar-refractivity contribution in [1.82, 2.24) is 25.6 Å². The third-order valence-electron chi connectivity index (χ3n) is 4.21. The van der Waals surface area contributed by atoms with E-state index in [-0.39, 0.29) is 30.9 Å². The van der Waals surface area contributed by atoms with Gasteiger partial charge < -0.3 is 10.6 Å². The molecular formula is C17H19ClF3N5O. The van der Waals surface area contributed by atoms with Crippen LogP contribution in [0.25, 0.3) is 11.3 Å². The molecule has 3 heterocycles. The van der Waals surface area contributed by atoms with E-state index in [1.807, 2.05) is 6.92 Å². The highest BCUT2D eigenvalue weighted by molar-refractivity contribution is 5.85. The molecule has 0 spiro atoms. The van der Waals surface area contributed by atoms with Crippen molar-refractivity contribution in [3.63, 3.8) is 0 Å². The van der Waals surface area contributed by atoms with Gasteiger partial charge in [-0.2, -0.15) is 13.2 Å². The van der Waals surface area contributed by atoms with Crippen LogP contribution in [0.4, 0.5) is 13.2 Å². The molecule has 10 heteroatoms. The molecule has 2 N–H and O–H groups in total. The molecular weight excluding hydrogens is 383 g/mol. The predicted octanol–water partition coefficient (Wildman–Crippen LogP) is 2.74. The van der Waals surface area contributed by atoms with E-state index < -0.39 is 11.9 Å². The van der Waals surface area contributed by atoms with Crippen molar-refractivity contribution in [2.24, 2.45) is 0 Å². The van der Waals surface area contributed by atoms with Crippen LogP contribution in [0.2, 0.25) is 0 Å². The zero-order chi connectivity index (χ0) is 18.7. The Hall–Kier alpha value is -2.26. The second kappa shape index (κ2) is 8.62. The van der Waals surface area contributed by atoms with Gasteiger partial charge in [-0.3, -0.25) is 9.78 Å². The molecule has 1 saturated heterocycles. The first-order valence-corrected chi connectivity index (χ1v) is 8.21. The Kier molecular flexibility index (Phi) is 6.72. The molecule has 2 aromatic heterocycles. The summed E-state index contributed by atoms with van der Waals surface area (Å²) in [6.45, 7) is 2.25. The van der Waals surface area contributed by atoms with Crippen LogP contribution in [0.3, 0.4) is 0 Å². The van der Waals surface area contributed by atoms with E-state index >= 15 is 0 Å². The van der Waals surface area contributed by atoms with Gasteiger partial charge in [-0.1, -0.05) is 0 Å². The fraction of sp³-hybridized carbons (Fsp3) is 0.412. The first-order chi connectivity index (χ1) is 12.3. The number of carbonyl (C=O) groups excluding carboxylic acids is 1. The van der Waals surface area contributed by atoms with Gasteiger partial charge in [-0.05, 0) is 38.0 Å². The lowest BCUT2D eigenvalue weighted by Gasteiger charge is -2.12. The van der Waals surface area contributed by atoms with Gasteiger partial charge in [0.25, 0.3) is 0 Å². The van der Waals surface area contributed by atoms with E-state index in [1.165, 1.54) is 12.4 Å². The number of nitrogens with one attached hydrogen (secondary N) is 2. The first kappa shape index (κ1) is 21.0. The van der Waals surface area contributed by atoms with Crippen LogP contribution in [-0.2, 0) is 17.5 Å². The van der Waals surface area contributed by atoms with Crippen LogP contribution < -0.4 is 10.6 Å². The Labute approximate surface area is 160 Å². The van der Waals surface area contributed by atoms with Crippen LogP contribution in [0.1, 0.15) is 31.2 Å². The summed E-state index contributed by atoms with van der Waals surface area (Å²) in [5.41, 5.74) is 0.493. The van der Waals surface area contributed by atoms with E-state index in [0.29, 0.717) is 23.0 Å². The Balaban J connectivity index is 0.00000261. The monoisotopic (exact) mass is 401 g/mol. The molecule has 6 nitrogen and oxygen atoms in total. The van der Waals surface area contributed by atoms with Crippen molar-refractivity contribution in [2.75, 3.05) is 0 Å². The maximum absolute atomic E-state index is 12.6. The van der Waals surface area contributed by atoms with Crippen LogP contribution in [0.15, 0.2) is 30.7 Å². The van der Waals surface area contributed by atoms with E-state index in [9.17, 15) is 18.0 Å². The average Bonchev–Trinajstić information content (AvgIpc) is 3.06. The van der Waals surface area contributed by atoms with Crippen molar-refractivity contribution in [2.45, 2.75) is 44.6 Å². The summed E-state index contributed by atoms with van der Waals surface area (Å²) < 4.78 is 37.7. The number of hydrogen-bond acceptors (Lipinski definition) is 5. The zero-order valence-electron chi connectivity index (χ0n) is 14.5. The molecule has 27 heavy (non-hydrogen) atoms. The Morgan fingerprint density at radius 3 is 2.63 bits per heavy atom. The largest absolute Gasteiger partial charge is 0.433 e. The fourth-order valence-electron chi connectivity index (χ4n) is 2.80. The molecule has 0 aliphatic carbocycles. The summed E-state index contributed by atoms with van der Waals surface area (Å²) in [4.78, 5) is 23.7. The van der Waals surface area contributed by atoms with Gasteiger partial charge in [0.1, 0.15) is 12.0 Å². The van der Waals surface area contributed by atoms with Gasteiger partial charge in [0, 0.05) is 17.8 Å². The molecule has 2 aromatic rings. The van der Waals surface area contributed by atoms with Crippen LogP contribution in [-0.4, -0.2) is 32.9 Å². The summed E-state index contributed by atoms with van der Waals surface area (Å²) in [7, 11) is 0. The van der Waals surface area contributed by atoms with Gasteiger partial charge in [0.2, 0.25) is 5.91 Å². The molecule has 146 valence electrons. The molecule has 0 radical (unpaired) electrons. The topological polar surface area (TPSA) is 79.8 Å². The maximum atomic E-state index is 12.6. The van der Waals surface area contributed by atoms with Crippen molar-refractivity contribution in [3.8, 4) is 11.3 Å². The van der Waals surface area contributed by atoms with Crippen LogP contribution in [0, 0.1) is 0 Å². The number of rotatable bonds is 4. The van der Waals surface area contributed by atoms with E-state index in [2.05, 4.69) is 25.6 Å². The summed E-state index contributed by atoms with van der Waals surface area (Å²) >= 11 is 0. The third kappa shape index (κ3) is 5.36. The number of halogens is 4. The van der Waals surface area contributed by atoms with E-state index in [4.69, 9.17) is 0 Å². The maximum Gasteiger partial charge on any atom is 0.433 e. The van der Waals surface area contributed by atoms with Crippen LogP contribution in [0.5, 0.6) is 0 Å².